The predicted molar refractivity (Wildman–Crippen MR) is 79.3 cm³/mol. The van der Waals surface area contributed by atoms with Crippen LogP contribution in [0.4, 0.5) is 0 Å². The Balaban J connectivity index is 1.71. The van der Waals surface area contributed by atoms with Crippen LogP contribution in [0.2, 0.25) is 0 Å². The van der Waals surface area contributed by atoms with Gasteiger partial charge in [0.1, 0.15) is 5.75 Å². The third kappa shape index (κ3) is 4.21. The van der Waals surface area contributed by atoms with Crippen LogP contribution in [0.1, 0.15) is 10.4 Å². The summed E-state index contributed by atoms with van der Waals surface area (Å²) in [5.41, 5.74) is 0.671. The van der Waals surface area contributed by atoms with Crippen molar-refractivity contribution >= 4 is 5.91 Å². The van der Waals surface area contributed by atoms with E-state index in [1.165, 1.54) is 0 Å². The topological polar surface area (TPSA) is 44.8 Å². The van der Waals surface area contributed by atoms with Crippen molar-refractivity contribution in [1.29, 1.82) is 0 Å². The van der Waals surface area contributed by atoms with Crippen molar-refractivity contribution in [2.75, 3.05) is 53.4 Å². The number of hydrogen-bond acceptors (Lipinski definition) is 4. The van der Waals surface area contributed by atoms with Gasteiger partial charge in [-0.2, -0.15) is 0 Å². The van der Waals surface area contributed by atoms with Gasteiger partial charge in [-0.1, -0.05) is 0 Å². The Morgan fingerprint density at radius 1 is 1.20 bits per heavy atom. The number of amides is 1. The number of carbonyl (C=O) groups excluding carboxylic acids is 1. The summed E-state index contributed by atoms with van der Waals surface area (Å²) >= 11 is 0. The first kappa shape index (κ1) is 14.8. The minimum Gasteiger partial charge on any atom is -0.497 e. The minimum atomic E-state index is -0.0261. The number of methoxy groups -OCH3 is 1. The maximum absolute atomic E-state index is 12.0. The fourth-order valence-corrected chi connectivity index (χ4v) is 2.24. The van der Waals surface area contributed by atoms with E-state index in [1.54, 1.807) is 31.4 Å². The molecule has 1 aliphatic rings. The summed E-state index contributed by atoms with van der Waals surface area (Å²) in [7, 11) is 3.76. The van der Waals surface area contributed by atoms with E-state index in [2.05, 4.69) is 22.2 Å². The monoisotopic (exact) mass is 277 g/mol. The molecule has 1 N–H and O–H groups in total. The Labute approximate surface area is 120 Å². The Bertz CT molecular complexity index is 425. The molecular formula is C15H23N3O2. The summed E-state index contributed by atoms with van der Waals surface area (Å²) in [6, 6.07) is 7.17. The number of benzene rings is 1. The predicted octanol–water partition coefficient (Wildman–Crippen LogP) is 0.672. The molecule has 1 heterocycles. The number of likely N-dealkylation sites (N-methyl/N-ethyl adjacent to an activating group) is 1. The molecule has 5 nitrogen and oxygen atoms in total. The lowest BCUT2D eigenvalue weighted by atomic mass is 10.2. The molecule has 20 heavy (non-hydrogen) atoms. The van der Waals surface area contributed by atoms with Gasteiger partial charge in [-0.3, -0.25) is 9.69 Å². The number of piperazine rings is 1. The average Bonchev–Trinajstić information content (AvgIpc) is 2.49. The van der Waals surface area contributed by atoms with Crippen molar-refractivity contribution in [3.63, 3.8) is 0 Å². The third-order valence-electron chi connectivity index (χ3n) is 3.66. The van der Waals surface area contributed by atoms with Crippen LogP contribution >= 0.6 is 0 Å². The fraction of sp³-hybridized carbons (Fsp3) is 0.533. The molecule has 0 bridgehead atoms. The lowest BCUT2D eigenvalue weighted by Gasteiger charge is -2.32. The zero-order valence-electron chi connectivity index (χ0n) is 12.3. The van der Waals surface area contributed by atoms with Crippen LogP contribution in [0.5, 0.6) is 5.75 Å². The lowest BCUT2D eigenvalue weighted by Crippen LogP contribution is -2.46. The van der Waals surface area contributed by atoms with Crippen molar-refractivity contribution in [2.24, 2.45) is 0 Å². The molecule has 0 unspecified atom stereocenters. The minimum absolute atomic E-state index is 0.0261. The maximum atomic E-state index is 12.0. The van der Waals surface area contributed by atoms with E-state index in [9.17, 15) is 4.79 Å². The summed E-state index contributed by atoms with van der Waals surface area (Å²) in [5, 5.41) is 2.96. The number of hydrogen-bond donors (Lipinski definition) is 1. The van der Waals surface area contributed by atoms with Crippen LogP contribution < -0.4 is 10.1 Å². The Morgan fingerprint density at radius 2 is 1.85 bits per heavy atom. The van der Waals surface area contributed by atoms with Gasteiger partial charge in [0.05, 0.1) is 7.11 Å². The van der Waals surface area contributed by atoms with Gasteiger partial charge in [-0.05, 0) is 31.3 Å². The molecule has 1 fully saturated rings. The maximum Gasteiger partial charge on any atom is 0.251 e. The van der Waals surface area contributed by atoms with Gasteiger partial charge in [0.2, 0.25) is 0 Å². The highest BCUT2D eigenvalue weighted by atomic mass is 16.5. The molecule has 0 radical (unpaired) electrons. The normalized spacial score (nSPS) is 16.9. The largest absolute Gasteiger partial charge is 0.497 e. The number of rotatable bonds is 5. The highest BCUT2D eigenvalue weighted by Crippen LogP contribution is 2.10. The van der Waals surface area contributed by atoms with Crippen LogP contribution in [-0.2, 0) is 0 Å². The average molecular weight is 277 g/mol. The van der Waals surface area contributed by atoms with E-state index in [-0.39, 0.29) is 5.91 Å². The van der Waals surface area contributed by atoms with E-state index >= 15 is 0 Å². The van der Waals surface area contributed by atoms with E-state index < -0.39 is 0 Å². The smallest absolute Gasteiger partial charge is 0.251 e. The van der Waals surface area contributed by atoms with E-state index in [0.717, 1.165) is 38.5 Å². The molecule has 5 heteroatoms. The van der Waals surface area contributed by atoms with Gasteiger partial charge in [0.15, 0.2) is 0 Å². The molecule has 110 valence electrons. The summed E-state index contributed by atoms with van der Waals surface area (Å²) < 4.78 is 5.08. The third-order valence-corrected chi connectivity index (χ3v) is 3.66. The van der Waals surface area contributed by atoms with Gasteiger partial charge < -0.3 is 15.0 Å². The second-order valence-corrected chi connectivity index (χ2v) is 5.13. The Kier molecular flexibility index (Phi) is 5.38. The highest BCUT2D eigenvalue weighted by Gasteiger charge is 2.13. The number of ether oxygens (including phenoxy) is 1. The Morgan fingerprint density at radius 3 is 2.45 bits per heavy atom. The number of carbonyl (C=O) groups is 1. The molecular weight excluding hydrogens is 254 g/mol. The summed E-state index contributed by atoms with van der Waals surface area (Å²) in [5.74, 6) is 0.737. The van der Waals surface area contributed by atoms with Crippen molar-refractivity contribution in [2.45, 2.75) is 0 Å². The number of nitrogens with zero attached hydrogens (tertiary/aromatic N) is 2. The molecule has 0 aromatic heterocycles. The molecule has 1 amide bonds. The summed E-state index contributed by atoms with van der Waals surface area (Å²) in [4.78, 5) is 16.7. The summed E-state index contributed by atoms with van der Waals surface area (Å²) in [6.07, 6.45) is 0. The van der Waals surface area contributed by atoms with Crippen LogP contribution in [0, 0.1) is 0 Å². The molecule has 0 aliphatic carbocycles. The van der Waals surface area contributed by atoms with Crippen LogP contribution in [0.15, 0.2) is 24.3 Å². The molecule has 0 saturated carbocycles. The first-order chi connectivity index (χ1) is 9.69. The first-order valence-corrected chi connectivity index (χ1v) is 7.02. The second kappa shape index (κ2) is 7.26. The van der Waals surface area contributed by atoms with Crippen LogP contribution in [-0.4, -0.2) is 69.1 Å². The fourth-order valence-electron chi connectivity index (χ4n) is 2.24. The molecule has 1 aliphatic heterocycles. The van der Waals surface area contributed by atoms with Gasteiger partial charge >= 0.3 is 0 Å². The molecule has 0 spiro atoms. The zero-order valence-corrected chi connectivity index (χ0v) is 12.3. The van der Waals surface area contributed by atoms with Crippen LogP contribution in [0.25, 0.3) is 0 Å². The molecule has 0 atom stereocenters. The molecule has 1 aromatic carbocycles. The highest BCUT2D eigenvalue weighted by molar-refractivity contribution is 5.94. The quantitative estimate of drug-likeness (QED) is 0.859. The van der Waals surface area contributed by atoms with Crippen LogP contribution in [0.3, 0.4) is 0 Å². The van der Waals surface area contributed by atoms with Crippen molar-refractivity contribution in [1.82, 2.24) is 15.1 Å². The van der Waals surface area contributed by atoms with Crippen molar-refractivity contribution in [3.8, 4) is 5.75 Å². The van der Waals surface area contributed by atoms with E-state index in [4.69, 9.17) is 4.74 Å². The first-order valence-electron chi connectivity index (χ1n) is 7.02. The molecule has 1 aromatic rings. The van der Waals surface area contributed by atoms with Crippen molar-refractivity contribution in [3.05, 3.63) is 29.8 Å². The standard InChI is InChI=1S/C15H23N3O2/c1-17-9-11-18(12-10-17)8-7-16-15(19)13-3-5-14(20-2)6-4-13/h3-6H,7-12H2,1-2H3,(H,16,19). The SMILES string of the molecule is COc1ccc(C(=O)NCCN2CCN(C)CC2)cc1. The van der Waals surface area contributed by atoms with E-state index in [1.807, 2.05) is 0 Å². The number of nitrogens with one attached hydrogen (secondary N) is 1. The Hall–Kier alpha value is -1.59. The zero-order chi connectivity index (χ0) is 14.4. The van der Waals surface area contributed by atoms with Gasteiger partial charge in [0, 0.05) is 44.8 Å². The van der Waals surface area contributed by atoms with Gasteiger partial charge in [-0.15, -0.1) is 0 Å². The molecule has 1 saturated heterocycles. The van der Waals surface area contributed by atoms with E-state index in [0.29, 0.717) is 12.1 Å². The van der Waals surface area contributed by atoms with Gasteiger partial charge in [0.25, 0.3) is 5.91 Å². The molecule has 2 rings (SSSR count). The lowest BCUT2D eigenvalue weighted by molar-refractivity contribution is 0.0941. The van der Waals surface area contributed by atoms with Gasteiger partial charge in [-0.25, -0.2) is 0 Å². The van der Waals surface area contributed by atoms with Crippen molar-refractivity contribution < 1.29 is 9.53 Å². The summed E-state index contributed by atoms with van der Waals surface area (Å²) in [6.45, 7) is 5.97. The second-order valence-electron chi connectivity index (χ2n) is 5.13.